The summed E-state index contributed by atoms with van der Waals surface area (Å²) in [5.41, 5.74) is 1.00. The van der Waals surface area contributed by atoms with Gasteiger partial charge in [-0.05, 0) is 37.1 Å². The number of nitrogens with zero attached hydrogens (tertiary/aromatic N) is 3. The molecule has 0 aliphatic carbocycles. The highest BCUT2D eigenvalue weighted by Crippen LogP contribution is 2.03. The first-order chi connectivity index (χ1) is 9.29. The maximum absolute atomic E-state index is 13.0. The van der Waals surface area contributed by atoms with Crippen LogP contribution in [0, 0.1) is 5.82 Å². The minimum Gasteiger partial charge on any atom is -0.310 e. The highest BCUT2D eigenvalue weighted by Gasteiger charge is 2.02. The predicted octanol–water partition coefficient (Wildman–Crippen LogP) is 2.16. The summed E-state index contributed by atoms with van der Waals surface area (Å²) in [4.78, 5) is 4.22. The minimum absolute atomic E-state index is 0.180. The zero-order valence-electron chi connectivity index (χ0n) is 11.1. The number of nitrogens with one attached hydrogen (secondary N) is 1. The van der Waals surface area contributed by atoms with Gasteiger partial charge in [-0.3, -0.25) is 0 Å². The maximum atomic E-state index is 13.0. The Hall–Kier alpha value is -1.75. The van der Waals surface area contributed by atoms with Gasteiger partial charge in [0.15, 0.2) is 0 Å². The number of aryl methyl sites for hydroxylation is 1. The Morgan fingerprint density at radius 1 is 1.37 bits per heavy atom. The number of hydrogen-bond acceptors (Lipinski definition) is 3. The highest BCUT2D eigenvalue weighted by atomic mass is 19.1. The number of rotatable bonds is 7. The van der Waals surface area contributed by atoms with Crippen molar-refractivity contribution in [3.8, 4) is 0 Å². The number of benzene rings is 1. The van der Waals surface area contributed by atoms with Crippen LogP contribution in [0.1, 0.15) is 24.7 Å². The second kappa shape index (κ2) is 6.99. The zero-order chi connectivity index (χ0) is 13.5. The van der Waals surface area contributed by atoms with Crippen molar-refractivity contribution in [1.29, 1.82) is 0 Å². The normalized spacial score (nSPS) is 10.8. The van der Waals surface area contributed by atoms with E-state index >= 15 is 0 Å². The topological polar surface area (TPSA) is 42.7 Å². The Morgan fingerprint density at radius 2 is 2.26 bits per heavy atom. The van der Waals surface area contributed by atoms with Gasteiger partial charge < -0.3 is 5.32 Å². The predicted molar refractivity (Wildman–Crippen MR) is 72.1 cm³/mol. The van der Waals surface area contributed by atoms with Gasteiger partial charge in [-0.15, -0.1) is 0 Å². The molecule has 0 aliphatic heterocycles. The summed E-state index contributed by atoms with van der Waals surface area (Å²) in [5.74, 6) is 0.765. The molecule has 5 heteroatoms. The molecule has 0 saturated heterocycles. The molecule has 0 fully saturated rings. The van der Waals surface area contributed by atoms with Gasteiger partial charge in [-0.2, -0.15) is 5.10 Å². The fourth-order valence-electron chi connectivity index (χ4n) is 1.95. The lowest BCUT2D eigenvalue weighted by Gasteiger charge is -2.06. The van der Waals surface area contributed by atoms with Crippen LogP contribution in [0.2, 0.25) is 0 Å². The van der Waals surface area contributed by atoms with Crippen LogP contribution in [0.3, 0.4) is 0 Å². The number of halogens is 1. The Morgan fingerprint density at radius 3 is 3.05 bits per heavy atom. The summed E-state index contributed by atoms with van der Waals surface area (Å²) in [6.45, 7) is 4.49. The van der Waals surface area contributed by atoms with Crippen LogP contribution in [-0.4, -0.2) is 21.3 Å². The maximum Gasteiger partial charge on any atom is 0.140 e. The highest BCUT2D eigenvalue weighted by molar-refractivity contribution is 5.16. The monoisotopic (exact) mass is 262 g/mol. The second-order valence-electron chi connectivity index (χ2n) is 4.46. The van der Waals surface area contributed by atoms with Crippen molar-refractivity contribution in [2.75, 3.05) is 6.54 Å². The molecule has 102 valence electrons. The van der Waals surface area contributed by atoms with Crippen LogP contribution in [-0.2, 0) is 19.5 Å². The van der Waals surface area contributed by atoms with E-state index in [0.717, 1.165) is 37.3 Å². The summed E-state index contributed by atoms with van der Waals surface area (Å²) in [6, 6.07) is 6.71. The molecule has 0 bridgehead atoms. The Balaban J connectivity index is 1.76. The average molecular weight is 262 g/mol. The first kappa shape index (κ1) is 13.7. The van der Waals surface area contributed by atoms with Crippen LogP contribution >= 0.6 is 0 Å². The van der Waals surface area contributed by atoms with Gasteiger partial charge >= 0.3 is 0 Å². The molecule has 1 N–H and O–H groups in total. The fourth-order valence-corrected chi connectivity index (χ4v) is 1.95. The third kappa shape index (κ3) is 4.13. The van der Waals surface area contributed by atoms with Crippen LogP contribution in [0.25, 0.3) is 0 Å². The molecule has 2 aromatic rings. The third-order valence-corrected chi connectivity index (χ3v) is 2.89. The SMILES string of the molecule is CCCn1ncnc1CNCCc1cccc(F)c1. The van der Waals surface area contributed by atoms with Gasteiger partial charge in [0.05, 0.1) is 6.54 Å². The van der Waals surface area contributed by atoms with E-state index in [9.17, 15) is 4.39 Å². The van der Waals surface area contributed by atoms with E-state index in [1.165, 1.54) is 6.07 Å². The lowest BCUT2D eigenvalue weighted by Crippen LogP contribution is -2.20. The summed E-state index contributed by atoms with van der Waals surface area (Å²) >= 11 is 0. The molecule has 0 unspecified atom stereocenters. The summed E-state index contributed by atoms with van der Waals surface area (Å²) < 4.78 is 14.9. The molecular weight excluding hydrogens is 243 g/mol. The summed E-state index contributed by atoms with van der Waals surface area (Å²) in [6.07, 6.45) is 3.43. The molecule has 0 atom stereocenters. The molecule has 0 radical (unpaired) electrons. The van der Waals surface area contributed by atoms with Crippen molar-refractivity contribution in [1.82, 2.24) is 20.1 Å². The Kier molecular flexibility index (Phi) is 5.03. The van der Waals surface area contributed by atoms with Crippen molar-refractivity contribution in [3.05, 3.63) is 47.8 Å². The van der Waals surface area contributed by atoms with Crippen LogP contribution in [0.5, 0.6) is 0 Å². The quantitative estimate of drug-likeness (QED) is 0.778. The number of hydrogen-bond donors (Lipinski definition) is 1. The van der Waals surface area contributed by atoms with Crippen molar-refractivity contribution < 1.29 is 4.39 Å². The van der Waals surface area contributed by atoms with Crippen LogP contribution in [0.15, 0.2) is 30.6 Å². The average Bonchev–Trinajstić information content (AvgIpc) is 2.83. The second-order valence-corrected chi connectivity index (χ2v) is 4.46. The van der Waals surface area contributed by atoms with Gasteiger partial charge in [0.1, 0.15) is 18.0 Å². The number of aromatic nitrogens is 3. The standard InChI is InChI=1S/C14H19FN4/c1-2-8-19-14(17-11-18-19)10-16-7-6-12-4-3-5-13(15)9-12/h3-5,9,11,16H,2,6-8,10H2,1H3. The van der Waals surface area contributed by atoms with Gasteiger partial charge in [0, 0.05) is 6.54 Å². The molecule has 19 heavy (non-hydrogen) atoms. The lowest BCUT2D eigenvalue weighted by atomic mass is 10.1. The van der Waals surface area contributed by atoms with E-state index in [4.69, 9.17) is 0 Å². The lowest BCUT2D eigenvalue weighted by molar-refractivity contribution is 0.543. The summed E-state index contributed by atoms with van der Waals surface area (Å²) in [5, 5.41) is 7.48. The van der Waals surface area contributed by atoms with Crippen molar-refractivity contribution >= 4 is 0 Å². The molecule has 0 aliphatic rings. The van der Waals surface area contributed by atoms with Gasteiger partial charge in [-0.1, -0.05) is 19.1 Å². The van der Waals surface area contributed by atoms with E-state index in [2.05, 4.69) is 22.3 Å². The molecule has 0 amide bonds. The molecular formula is C14H19FN4. The molecule has 1 aromatic heterocycles. The molecule has 1 heterocycles. The van der Waals surface area contributed by atoms with Crippen LogP contribution in [0.4, 0.5) is 4.39 Å². The zero-order valence-corrected chi connectivity index (χ0v) is 11.1. The van der Waals surface area contributed by atoms with Gasteiger partial charge in [-0.25, -0.2) is 14.1 Å². The van der Waals surface area contributed by atoms with Crippen molar-refractivity contribution in [3.63, 3.8) is 0 Å². The molecule has 1 aromatic carbocycles. The Bertz CT molecular complexity index is 510. The van der Waals surface area contributed by atoms with E-state index in [1.807, 2.05) is 10.7 Å². The minimum atomic E-state index is -0.180. The first-order valence-corrected chi connectivity index (χ1v) is 6.61. The molecule has 0 saturated carbocycles. The van der Waals surface area contributed by atoms with E-state index < -0.39 is 0 Å². The van der Waals surface area contributed by atoms with E-state index in [1.54, 1.807) is 18.5 Å². The molecule has 2 rings (SSSR count). The van der Waals surface area contributed by atoms with E-state index in [-0.39, 0.29) is 5.82 Å². The first-order valence-electron chi connectivity index (χ1n) is 6.61. The smallest absolute Gasteiger partial charge is 0.140 e. The Labute approximate surface area is 112 Å². The largest absolute Gasteiger partial charge is 0.310 e. The molecule has 4 nitrogen and oxygen atoms in total. The third-order valence-electron chi connectivity index (χ3n) is 2.89. The van der Waals surface area contributed by atoms with Crippen LogP contribution < -0.4 is 5.32 Å². The fraction of sp³-hybridized carbons (Fsp3) is 0.429. The van der Waals surface area contributed by atoms with E-state index in [0.29, 0.717) is 6.54 Å². The van der Waals surface area contributed by atoms with Gasteiger partial charge in [0.25, 0.3) is 0 Å². The van der Waals surface area contributed by atoms with Crippen molar-refractivity contribution in [2.24, 2.45) is 0 Å². The van der Waals surface area contributed by atoms with Crippen molar-refractivity contribution in [2.45, 2.75) is 32.9 Å². The molecule has 0 spiro atoms. The van der Waals surface area contributed by atoms with Gasteiger partial charge in [0.2, 0.25) is 0 Å². The summed E-state index contributed by atoms with van der Waals surface area (Å²) in [7, 11) is 0.